The van der Waals surface area contributed by atoms with E-state index >= 15 is 0 Å². The van der Waals surface area contributed by atoms with Crippen molar-refractivity contribution >= 4 is 65.6 Å². The normalized spacial score (nSPS) is 14.3. The van der Waals surface area contributed by atoms with Crippen LogP contribution in [0.15, 0.2) is 243 Å². The summed E-state index contributed by atoms with van der Waals surface area (Å²) in [5, 5.41) is 2.59. The van der Waals surface area contributed by atoms with Crippen LogP contribution in [0.3, 0.4) is 0 Å². The Balaban J connectivity index is 1.08. The van der Waals surface area contributed by atoms with Crippen LogP contribution in [-0.2, 0) is 5.41 Å². The van der Waals surface area contributed by atoms with Crippen LogP contribution in [0.25, 0.3) is 53.6 Å². The number of para-hydroxylation sites is 3. The first kappa shape index (κ1) is 36.7. The number of thiophene rings is 1. The second-order valence-electron chi connectivity index (χ2n) is 16.8. The van der Waals surface area contributed by atoms with Crippen LogP contribution in [0, 0.1) is 0 Å². The SMILES string of the molecule is c1ccc(-c2ccccc2N(c2ccc3c(c2)C2(c4ccccc4-c4ccc(N(c5ccccc5)c5ccccc5)cc42)c2ccccc2-3)c2ccc3c(c2)sc2ccccc23)cc1. The lowest BCUT2D eigenvalue weighted by atomic mass is 9.70. The predicted octanol–water partition coefficient (Wildman–Crippen LogP) is 17.0. The van der Waals surface area contributed by atoms with Gasteiger partial charge in [-0.15, -0.1) is 11.3 Å². The van der Waals surface area contributed by atoms with Crippen LogP contribution in [0.2, 0.25) is 0 Å². The third-order valence-corrected chi connectivity index (χ3v) is 14.6. The molecule has 1 spiro atoms. The van der Waals surface area contributed by atoms with Gasteiger partial charge in [-0.1, -0.05) is 170 Å². The topological polar surface area (TPSA) is 6.48 Å². The predicted molar refractivity (Wildman–Crippen MR) is 270 cm³/mol. The van der Waals surface area contributed by atoms with Crippen LogP contribution in [0.4, 0.5) is 34.1 Å². The Morgan fingerprint density at radius 1 is 0.281 bits per heavy atom. The summed E-state index contributed by atoms with van der Waals surface area (Å²) in [5.41, 5.74) is 18.9. The molecule has 2 nitrogen and oxygen atoms in total. The molecule has 0 fully saturated rings. The van der Waals surface area contributed by atoms with Crippen molar-refractivity contribution in [2.24, 2.45) is 0 Å². The van der Waals surface area contributed by atoms with E-state index < -0.39 is 5.41 Å². The lowest BCUT2D eigenvalue weighted by Crippen LogP contribution is -2.26. The van der Waals surface area contributed by atoms with Crippen LogP contribution in [0.5, 0.6) is 0 Å². The first-order valence-electron chi connectivity index (χ1n) is 22.0. The molecule has 1 unspecified atom stereocenters. The molecule has 3 heteroatoms. The van der Waals surface area contributed by atoms with Crippen molar-refractivity contribution in [2.45, 2.75) is 5.41 Å². The van der Waals surface area contributed by atoms with Crippen molar-refractivity contribution in [2.75, 3.05) is 9.80 Å². The zero-order chi connectivity index (χ0) is 42.2. The van der Waals surface area contributed by atoms with Gasteiger partial charge >= 0.3 is 0 Å². The third kappa shape index (κ3) is 5.44. The summed E-state index contributed by atoms with van der Waals surface area (Å²) in [4.78, 5) is 4.88. The Hall–Kier alpha value is -7.98. The van der Waals surface area contributed by atoms with Gasteiger partial charge in [0.05, 0.1) is 11.1 Å². The molecule has 1 heterocycles. The summed E-state index contributed by atoms with van der Waals surface area (Å²) in [6.07, 6.45) is 0. The fourth-order valence-electron chi connectivity index (χ4n) is 10.8. The Morgan fingerprint density at radius 2 is 0.734 bits per heavy atom. The van der Waals surface area contributed by atoms with Crippen LogP contribution in [-0.4, -0.2) is 0 Å². The summed E-state index contributed by atoms with van der Waals surface area (Å²) in [6, 6.07) is 89.6. The van der Waals surface area contributed by atoms with Gasteiger partial charge in [0.25, 0.3) is 0 Å². The molecule has 0 aliphatic heterocycles. The molecule has 1 atom stereocenters. The third-order valence-electron chi connectivity index (χ3n) is 13.5. The van der Waals surface area contributed by atoms with E-state index in [2.05, 4.69) is 252 Å². The molecular formula is C61H40N2S. The fourth-order valence-corrected chi connectivity index (χ4v) is 11.9. The molecule has 0 saturated heterocycles. The average Bonchev–Trinajstić information content (AvgIpc) is 3.99. The van der Waals surface area contributed by atoms with Gasteiger partial charge in [-0.05, 0) is 123 Å². The zero-order valence-electron chi connectivity index (χ0n) is 34.9. The molecule has 0 N–H and O–H groups in total. The van der Waals surface area contributed by atoms with Crippen molar-refractivity contribution in [3.05, 3.63) is 265 Å². The van der Waals surface area contributed by atoms with Crippen molar-refractivity contribution in [1.29, 1.82) is 0 Å². The Kier molecular flexibility index (Phi) is 8.34. The van der Waals surface area contributed by atoms with Gasteiger partial charge in [-0.2, -0.15) is 0 Å². The first-order chi connectivity index (χ1) is 31.8. The van der Waals surface area contributed by atoms with Gasteiger partial charge in [-0.3, -0.25) is 0 Å². The van der Waals surface area contributed by atoms with Gasteiger partial charge < -0.3 is 9.80 Å². The lowest BCUT2D eigenvalue weighted by molar-refractivity contribution is 0.793. The van der Waals surface area contributed by atoms with Crippen molar-refractivity contribution in [3.8, 4) is 33.4 Å². The second kappa shape index (κ2) is 14.6. The Labute approximate surface area is 377 Å². The minimum atomic E-state index is -0.567. The molecule has 300 valence electrons. The van der Waals surface area contributed by atoms with Gasteiger partial charge in [-0.25, -0.2) is 0 Å². The zero-order valence-corrected chi connectivity index (χ0v) is 35.7. The maximum Gasteiger partial charge on any atom is 0.0727 e. The van der Waals surface area contributed by atoms with Gasteiger partial charge in [0.2, 0.25) is 0 Å². The number of benzene rings is 10. The quantitative estimate of drug-likeness (QED) is 0.158. The monoisotopic (exact) mass is 832 g/mol. The molecular weight excluding hydrogens is 793 g/mol. The number of anilines is 6. The second-order valence-corrected chi connectivity index (χ2v) is 17.9. The molecule has 11 aromatic rings. The smallest absolute Gasteiger partial charge is 0.0727 e. The molecule has 1 aromatic heterocycles. The lowest BCUT2D eigenvalue weighted by Gasteiger charge is -2.33. The van der Waals surface area contributed by atoms with Gasteiger partial charge in [0.1, 0.15) is 0 Å². The number of rotatable bonds is 7. The largest absolute Gasteiger partial charge is 0.310 e. The number of hydrogen-bond acceptors (Lipinski definition) is 3. The highest BCUT2D eigenvalue weighted by Gasteiger charge is 2.52. The maximum absolute atomic E-state index is 2.51. The summed E-state index contributed by atoms with van der Waals surface area (Å²) < 4.78 is 2.58. The van der Waals surface area contributed by atoms with Crippen molar-refractivity contribution < 1.29 is 0 Å². The van der Waals surface area contributed by atoms with E-state index in [4.69, 9.17) is 0 Å². The summed E-state index contributed by atoms with van der Waals surface area (Å²) in [6.45, 7) is 0. The van der Waals surface area contributed by atoms with E-state index in [-0.39, 0.29) is 0 Å². The van der Waals surface area contributed by atoms with E-state index in [0.29, 0.717) is 0 Å². The minimum Gasteiger partial charge on any atom is -0.310 e. The van der Waals surface area contributed by atoms with E-state index in [1.807, 2.05) is 11.3 Å². The first-order valence-corrected chi connectivity index (χ1v) is 22.8. The number of nitrogens with zero attached hydrogens (tertiary/aromatic N) is 2. The van der Waals surface area contributed by atoms with Gasteiger partial charge in [0, 0.05) is 54.2 Å². The van der Waals surface area contributed by atoms with Crippen LogP contribution in [0.1, 0.15) is 22.3 Å². The average molecular weight is 833 g/mol. The van der Waals surface area contributed by atoms with Crippen molar-refractivity contribution in [3.63, 3.8) is 0 Å². The highest BCUT2D eigenvalue weighted by molar-refractivity contribution is 7.25. The van der Waals surface area contributed by atoms with Crippen LogP contribution >= 0.6 is 11.3 Å². The fraction of sp³-hybridized carbons (Fsp3) is 0.0164. The van der Waals surface area contributed by atoms with E-state index in [1.165, 1.54) is 75.8 Å². The summed E-state index contributed by atoms with van der Waals surface area (Å²) in [5.74, 6) is 0. The van der Waals surface area contributed by atoms with Gasteiger partial charge in [0.15, 0.2) is 0 Å². The minimum absolute atomic E-state index is 0.567. The molecule has 0 radical (unpaired) electrons. The maximum atomic E-state index is 2.51. The molecule has 0 saturated carbocycles. The molecule has 0 amide bonds. The molecule has 13 rings (SSSR count). The van der Waals surface area contributed by atoms with Crippen LogP contribution < -0.4 is 9.80 Å². The van der Waals surface area contributed by atoms with Crippen molar-refractivity contribution in [1.82, 2.24) is 0 Å². The highest BCUT2D eigenvalue weighted by atomic mass is 32.1. The number of hydrogen-bond donors (Lipinski definition) is 0. The number of fused-ring (bicyclic) bond motifs is 13. The molecule has 64 heavy (non-hydrogen) atoms. The molecule has 2 aliphatic rings. The van der Waals surface area contributed by atoms with E-state index in [9.17, 15) is 0 Å². The highest BCUT2D eigenvalue weighted by Crippen LogP contribution is 2.64. The van der Waals surface area contributed by atoms with E-state index in [1.54, 1.807) is 0 Å². The summed E-state index contributed by atoms with van der Waals surface area (Å²) >= 11 is 1.87. The summed E-state index contributed by atoms with van der Waals surface area (Å²) in [7, 11) is 0. The molecule has 0 bridgehead atoms. The standard InChI is InChI=1S/C61H40N2S/c1-4-18-41(19-5-1)47-24-12-16-30-58(47)63(46-34-37-53-52-27-13-17-31-59(52)64-60(53)40-46)45-33-36-51-49-26-11-15-29-55(49)61(57(51)39-45)54-28-14-10-25-48(54)50-35-32-44(38-56(50)61)62(42-20-6-2-7-21-42)43-22-8-3-9-23-43/h1-40H. The molecule has 2 aliphatic carbocycles. The Morgan fingerprint density at radius 3 is 1.38 bits per heavy atom. The Bertz CT molecular complexity index is 3520. The molecule has 10 aromatic carbocycles. The van der Waals surface area contributed by atoms with E-state index in [0.717, 1.165) is 34.1 Å².